The molecule has 8 heteroatoms. The molecular weight excluding hydrogens is 476 g/mol. The number of thiazole rings is 1. The van der Waals surface area contributed by atoms with Gasteiger partial charge in [-0.05, 0) is 50.1 Å². The Morgan fingerprint density at radius 1 is 1.11 bits per heavy atom. The van der Waals surface area contributed by atoms with Crippen LogP contribution >= 0.6 is 11.3 Å². The molecule has 0 saturated heterocycles. The number of esters is 1. The van der Waals surface area contributed by atoms with Crippen LogP contribution in [0.2, 0.25) is 0 Å². The Morgan fingerprint density at radius 3 is 2.58 bits per heavy atom. The topological polar surface area (TPSA) is 79.1 Å². The van der Waals surface area contributed by atoms with Gasteiger partial charge in [-0.1, -0.05) is 60.4 Å². The Bertz CT molecular complexity index is 1480. The molecule has 1 aliphatic rings. The summed E-state index contributed by atoms with van der Waals surface area (Å²) in [5.41, 5.74) is 2.19. The van der Waals surface area contributed by atoms with Gasteiger partial charge >= 0.3 is 5.97 Å². The van der Waals surface area contributed by atoms with E-state index in [0.717, 1.165) is 5.56 Å². The third-order valence-electron chi connectivity index (χ3n) is 5.55. The van der Waals surface area contributed by atoms with E-state index in [-0.39, 0.29) is 12.2 Å². The highest BCUT2D eigenvalue weighted by Crippen LogP contribution is 2.36. The molecule has 0 aliphatic carbocycles. The summed E-state index contributed by atoms with van der Waals surface area (Å²) in [6.45, 7) is 10.0. The van der Waals surface area contributed by atoms with Gasteiger partial charge in [-0.2, -0.15) is 0 Å². The lowest BCUT2D eigenvalue weighted by atomic mass is 9.95. The number of hydrogen-bond acceptors (Lipinski definition) is 7. The lowest BCUT2D eigenvalue weighted by molar-refractivity contribution is -0.139. The van der Waals surface area contributed by atoms with Crippen molar-refractivity contribution in [3.8, 4) is 11.5 Å². The number of fused-ring (bicyclic) bond motifs is 1. The molecule has 1 aliphatic heterocycles. The predicted molar refractivity (Wildman–Crippen MR) is 140 cm³/mol. The van der Waals surface area contributed by atoms with E-state index in [1.54, 1.807) is 36.6 Å². The molecule has 4 rings (SSSR count). The number of rotatable bonds is 9. The van der Waals surface area contributed by atoms with Gasteiger partial charge in [0.1, 0.15) is 6.61 Å². The molecule has 2 heterocycles. The summed E-state index contributed by atoms with van der Waals surface area (Å²) in [6.07, 6.45) is 3.49. The Labute approximate surface area is 213 Å². The minimum absolute atomic E-state index is 0.208. The molecule has 0 bridgehead atoms. The molecule has 0 amide bonds. The molecule has 36 heavy (non-hydrogen) atoms. The number of hydrogen-bond donors (Lipinski definition) is 0. The molecule has 1 atom stereocenters. The quantitative estimate of drug-likeness (QED) is 0.328. The third kappa shape index (κ3) is 5.04. The maximum Gasteiger partial charge on any atom is 0.338 e. The van der Waals surface area contributed by atoms with Crippen molar-refractivity contribution in [2.45, 2.75) is 26.8 Å². The van der Waals surface area contributed by atoms with Gasteiger partial charge in [-0.3, -0.25) is 9.36 Å². The second-order valence-electron chi connectivity index (χ2n) is 7.95. The van der Waals surface area contributed by atoms with E-state index in [0.29, 0.717) is 50.9 Å². The number of carbonyl (C=O) groups excluding carboxylic acids is 1. The van der Waals surface area contributed by atoms with Crippen LogP contribution in [-0.4, -0.2) is 30.4 Å². The summed E-state index contributed by atoms with van der Waals surface area (Å²) in [6, 6.07) is 14.3. The minimum Gasteiger partial charge on any atom is -0.490 e. The molecule has 3 aromatic rings. The van der Waals surface area contributed by atoms with Crippen LogP contribution in [0.5, 0.6) is 11.5 Å². The van der Waals surface area contributed by atoms with Crippen LogP contribution < -0.4 is 24.4 Å². The second kappa shape index (κ2) is 11.2. The average Bonchev–Trinajstić information content (AvgIpc) is 3.17. The van der Waals surface area contributed by atoms with Gasteiger partial charge in [0.25, 0.3) is 5.56 Å². The van der Waals surface area contributed by atoms with Gasteiger partial charge < -0.3 is 14.2 Å². The summed E-state index contributed by atoms with van der Waals surface area (Å²) in [5.74, 6) is 0.558. The molecule has 2 aromatic carbocycles. The van der Waals surface area contributed by atoms with Crippen LogP contribution in [0.3, 0.4) is 0 Å². The smallest absolute Gasteiger partial charge is 0.338 e. The standard InChI is InChI=1S/C28H28N2O5S/c1-5-15-35-21-14-13-20(17-22(21)33-6-2)25-24(27(32)34-7-3)18(4)29-28-30(25)26(31)23(36-28)16-19-11-9-8-10-12-19/h5,8-14,16-17,25H,1,6-7,15H2,2-4H3. The monoisotopic (exact) mass is 504 g/mol. The molecule has 0 N–H and O–H groups in total. The minimum atomic E-state index is -0.731. The SMILES string of the molecule is C=CCOc1ccc(C2C(C(=O)OCC)=C(C)N=c3sc(=Cc4ccccc4)c(=O)n32)cc1OCC. The maximum atomic E-state index is 13.7. The molecular formula is C28H28N2O5S. The maximum absolute atomic E-state index is 13.7. The van der Waals surface area contributed by atoms with E-state index >= 15 is 0 Å². The van der Waals surface area contributed by atoms with Gasteiger partial charge in [0.05, 0.1) is 35.1 Å². The Morgan fingerprint density at radius 2 is 1.89 bits per heavy atom. The van der Waals surface area contributed by atoms with Gasteiger partial charge in [-0.25, -0.2) is 9.79 Å². The summed E-state index contributed by atoms with van der Waals surface area (Å²) in [5, 5.41) is 0. The molecule has 186 valence electrons. The lowest BCUT2D eigenvalue weighted by Gasteiger charge is -2.25. The van der Waals surface area contributed by atoms with Gasteiger partial charge in [-0.15, -0.1) is 0 Å². The molecule has 1 aromatic heterocycles. The van der Waals surface area contributed by atoms with Crippen molar-refractivity contribution < 1.29 is 19.0 Å². The first-order chi connectivity index (χ1) is 17.5. The number of ether oxygens (including phenoxy) is 3. The number of aromatic nitrogens is 1. The number of nitrogens with zero attached hydrogens (tertiary/aromatic N) is 2. The van der Waals surface area contributed by atoms with Gasteiger partial charge in [0, 0.05) is 0 Å². The van der Waals surface area contributed by atoms with Crippen molar-refractivity contribution in [2.24, 2.45) is 4.99 Å². The molecule has 7 nitrogen and oxygen atoms in total. The first-order valence-corrected chi connectivity index (χ1v) is 12.5. The van der Waals surface area contributed by atoms with Crippen molar-refractivity contribution in [1.82, 2.24) is 4.57 Å². The van der Waals surface area contributed by atoms with Crippen LogP contribution in [0.25, 0.3) is 6.08 Å². The Hall–Kier alpha value is -3.91. The normalized spacial score (nSPS) is 15.2. The fourth-order valence-corrected chi connectivity index (χ4v) is 5.09. The fourth-order valence-electron chi connectivity index (χ4n) is 4.04. The first-order valence-electron chi connectivity index (χ1n) is 11.7. The number of carbonyl (C=O) groups is 1. The highest BCUT2D eigenvalue weighted by Gasteiger charge is 2.34. The molecule has 0 radical (unpaired) electrons. The summed E-state index contributed by atoms with van der Waals surface area (Å²) >= 11 is 1.29. The van der Waals surface area contributed by atoms with E-state index in [2.05, 4.69) is 11.6 Å². The fraction of sp³-hybridized carbons (Fsp3) is 0.250. The van der Waals surface area contributed by atoms with Crippen LogP contribution in [0.4, 0.5) is 0 Å². The second-order valence-corrected chi connectivity index (χ2v) is 8.96. The largest absolute Gasteiger partial charge is 0.490 e. The van der Waals surface area contributed by atoms with Crippen molar-refractivity contribution in [3.63, 3.8) is 0 Å². The zero-order chi connectivity index (χ0) is 25.7. The van der Waals surface area contributed by atoms with Crippen molar-refractivity contribution in [3.05, 3.63) is 103 Å². The third-order valence-corrected chi connectivity index (χ3v) is 6.54. The van der Waals surface area contributed by atoms with Crippen molar-refractivity contribution in [1.29, 1.82) is 0 Å². The van der Waals surface area contributed by atoms with Crippen molar-refractivity contribution >= 4 is 23.4 Å². The van der Waals surface area contributed by atoms with Crippen LogP contribution in [-0.2, 0) is 9.53 Å². The molecule has 0 fully saturated rings. The zero-order valence-electron chi connectivity index (χ0n) is 20.5. The molecule has 1 unspecified atom stereocenters. The lowest BCUT2D eigenvalue weighted by Crippen LogP contribution is -2.40. The van der Waals surface area contributed by atoms with E-state index in [4.69, 9.17) is 14.2 Å². The summed E-state index contributed by atoms with van der Waals surface area (Å²) in [4.78, 5) is 31.9. The summed E-state index contributed by atoms with van der Waals surface area (Å²) < 4.78 is 19.0. The highest BCUT2D eigenvalue weighted by atomic mass is 32.1. The Balaban J connectivity index is 1.94. The van der Waals surface area contributed by atoms with Gasteiger partial charge in [0.15, 0.2) is 16.3 Å². The van der Waals surface area contributed by atoms with Crippen LogP contribution in [0, 0.1) is 0 Å². The molecule has 0 spiro atoms. The van der Waals surface area contributed by atoms with E-state index in [9.17, 15) is 9.59 Å². The number of benzene rings is 2. The highest BCUT2D eigenvalue weighted by molar-refractivity contribution is 7.07. The van der Waals surface area contributed by atoms with Crippen LogP contribution in [0.15, 0.2) is 82.2 Å². The number of allylic oxidation sites excluding steroid dienone is 1. The van der Waals surface area contributed by atoms with Gasteiger partial charge in [0.2, 0.25) is 0 Å². The van der Waals surface area contributed by atoms with E-state index in [1.807, 2.05) is 49.4 Å². The van der Waals surface area contributed by atoms with Crippen LogP contribution in [0.1, 0.15) is 37.9 Å². The van der Waals surface area contributed by atoms with E-state index in [1.165, 1.54) is 11.3 Å². The first kappa shape index (κ1) is 25.2. The Kier molecular flexibility index (Phi) is 7.85. The average molecular weight is 505 g/mol. The summed E-state index contributed by atoms with van der Waals surface area (Å²) in [7, 11) is 0. The molecule has 0 saturated carbocycles. The van der Waals surface area contributed by atoms with Crippen molar-refractivity contribution in [2.75, 3.05) is 19.8 Å². The predicted octanol–water partition coefficient (Wildman–Crippen LogP) is 3.76. The zero-order valence-corrected chi connectivity index (χ0v) is 21.3. The van der Waals surface area contributed by atoms with E-state index < -0.39 is 12.0 Å².